The maximum atomic E-state index is 13.6. The summed E-state index contributed by atoms with van der Waals surface area (Å²) in [6.45, 7) is 0.249. The van der Waals surface area contributed by atoms with Crippen molar-refractivity contribution in [1.82, 2.24) is 14.6 Å². The van der Waals surface area contributed by atoms with Gasteiger partial charge in [-0.05, 0) is 6.42 Å². The first-order chi connectivity index (χ1) is 9.89. The van der Waals surface area contributed by atoms with E-state index in [-0.39, 0.29) is 18.1 Å². The molecule has 2 aromatic rings. The number of hydrogen-bond acceptors (Lipinski definition) is 4. The number of aromatic nitrogens is 3. The minimum Gasteiger partial charge on any atom is -0.477 e. The quantitative estimate of drug-likeness (QED) is 0.937. The van der Waals surface area contributed by atoms with E-state index in [0.717, 1.165) is 0 Å². The van der Waals surface area contributed by atoms with Crippen molar-refractivity contribution in [2.75, 3.05) is 18.0 Å². The smallest absolute Gasteiger partial charge is 0.374 e. The van der Waals surface area contributed by atoms with Crippen LogP contribution >= 0.6 is 11.6 Å². The first kappa shape index (κ1) is 14.0. The van der Waals surface area contributed by atoms with Crippen molar-refractivity contribution in [1.29, 1.82) is 0 Å². The van der Waals surface area contributed by atoms with E-state index >= 15 is 0 Å². The highest BCUT2D eigenvalue weighted by atomic mass is 35.5. The second kappa shape index (κ2) is 4.80. The molecule has 9 heteroatoms. The molecule has 0 aromatic carbocycles. The van der Waals surface area contributed by atoms with Crippen LogP contribution in [0.2, 0.25) is 5.15 Å². The Morgan fingerprint density at radius 3 is 3.00 bits per heavy atom. The third kappa shape index (κ3) is 2.29. The van der Waals surface area contributed by atoms with Gasteiger partial charge in [0.25, 0.3) is 0 Å². The van der Waals surface area contributed by atoms with Gasteiger partial charge >= 0.3 is 11.9 Å². The molecule has 21 heavy (non-hydrogen) atoms. The number of carboxylic acid groups (broad SMARTS) is 1. The number of halogens is 3. The molecule has 1 atom stereocenters. The Bertz CT molecular complexity index is 706. The minimum atomic E-state index is -3.74. The zero-order valence-corrected chi connectivity index (χ0v) is 11.5. The van der Waals surface area contributed by atoms with Gasteiger partial charge in [-0.3, -0.25) is 0 Å². The topological polar surface area (TPSA) is 70.7 Å². The first-order valence-corrected chi connectivity index (χ1v) is 6.63. The molecule has 2 aromatic heterocycles. The van der Waals surface area contributed by atoms with Crippen molar-refractivity contribution >= 4 is 28.9 Å². The van der Waals surface area contributed by atoms with Crippen LogP contribution in [0.25, 0.3) is 5.65 Å². The van der Waals surface area contributed by atoms with Crippen LogP contribution in [0.15, 0.2) is 18.5 Å². The lowest BCUT2D eigenvalue weighted by molar-refractivity contribution is -0.172. The van der Waals surface area contributed by atoms with Crippen molar-refractivity contribution in [3.8, 4) is 0 Å². The molecular weight excluding hydrogens is 306 g/mol. The van der Waals surface area contributed by atoms with Gasteiger partial charge in [-0.1, -0.05) is 11.6 Å². The van der Waals surface area contributed by atoms with Crippen LogP contribution in [0.5, 0.6) is 0 Å². The first-order valence-electron chi connectivity index (χ1n) is 6.25. The normalized spacial score (nSPS) is 19.4. The summed E-state index contributed by atoms with van der Waals surface area (Å²) in [4.78, 5) is 16.4. The zero-order valence-electron chi connectivity index (χ0n) is 10.7. The van der Waals surface area contributed by atoms with E-state index in [0.29, 0.717) is 17.9 Å². The molecule has 1 N–H and O–H groups in total. The third-order valence-corrected chi connectivity index (χ3v) is 3.82. The van der Waals surface area contributed by atoms with E-state index in [1.54, 1.807) is 17.2 Å². The van der Waals surface area contributed by atoms with Crippen molar-refractivity contribution in [2.24, 2.45) is 5.92 Å². The Labute approximate surface area is 122 Å². The lowest BCUT2D eigenvalue weighted by Gasteiger charge is -2.21. The van der Waals surface area contributed by atoms with Crippen LogP contribution in [0.4, 0.5) is 14.5 Å². The molecule has 0 spiro atoms. The predicted octanol–water partition coefficient (Wildman–Crippen LogP) is 1.93. The fraction of sp³-hybridized carbons (Fsp3) is 0.417. The maximum absolute atomic E-state index is 13.6. The monoisotopic (exact) mass is 316 g/mol. The third-order valence-electron chi connectivity index (χ3n) is 3.64. The Balaban J connectivity index is 1.92. The molecular formula is C12H11ClF2N4O2. The summed E-state index contributed by atoms with van der Waals surface area (Å²) in [5, 5.41) is 12.9. The molecule has 1 unspecified atom stereocenters. The number of carbonyl (C=O) groups is 1. The molecule has 0 aliphatic carbocycles. The number of anilines is 1. The molecule has 112 valence electrons. The van der Waals surface area contributed by atoms with Gasteiger partial charge in [0, 0.05) is 31.5 Å². The van der Waals surface area contributed by atoms with Crippen molar-refractivity contribution in [3.63, 3.8) is 0 Å². The summed E-state index contributed by atoms with van der Waals surface area (Å²) < 4.78 is 28.6. The molecule has 1 aliphatic rings. The fourth-order valence-corrected chi connectivity index (χ4v) is 2.74. The van der Waals surface area contributed by atoms with E-state index < -0.39 is 17.8 Å². The predicted molar refractivity (Wildman–Crippen MR) is 70.9 cm³/mol. The van der Waals surface area contributed by atoms with Crippen LogP contribution < -0.4 is 4.90 Å². The molecule has 0 saturated carbocycles. The number of hydrogen-bond donors (Lipinski definition) is 1. The van der Waals surface area contributed by atoms with Crippen LogP contribution in [-0.2, 0) is 4.79 Å². The summed E-state index contributed by atoms with van der Waals surface area (Å²) in [6.07, 6.45) is 3.22. The SMILES string of the molecule is O=C(O)C(F)(F)C1CCN(c2cc(Cl)nn3ccnc23)C1. The lowest BCUT2D eigenvalue weighted by Crippen LogP contribution is -2.38. The van der Waals surface area contributed by atoms with E-state index in [1.807, 2.05) is 0 Å². The molecule has 3 rings (SSSR count). The van der Waals surface area contributed by atoms with Gasteiger partial charge < -0.3 is 10.0 Å². The van der Waals surface area contributed by atoms with Crippen molar-refractivity contribution in [3.05, 3.63) is 23.6 Å². The number of nitrogens with zero attached hydrogens (tertiary/aromatic N) is 4. The number of aliphatic carboxylic acids is 1. The second-order valence-electron chi connectivity index (χ2n) is 4.91. The Morgan fingerprint density at radius 2 is 2.29 bits per heavy atom. The Morgan fingerprint density at radius 1 is 1.52 bits per heavy atom. The van der Waals surface area contributed by atoms with Gasteiger partial charge in [0.15, 0.2) is 10.8 Å². The number of alkyl halides is 2. The Kier molecular flexibility index (Phi) is 3.20. The molecule has 1 fully saturated rings. The van der Waals surface area contributed by atoms with Crippen molar-refractivity contribution < 1.29 is 18.7 Å². The molecule has 1 saturated heterocycles. The zero-order chi connectivity index (χ0) is 15.2. The summed E-state index contributed by atoms with van der Waals surface area (Å²) >= 11 is 5.91. The van der Waals surface area contributed by atoms with Gasteiger partial charge in [0.1, 0.15) is 0 Å². The van der Waals surface area contributed by atoms with Gasteiger partial charge in [-0.2, -0.15) is 13.9 Å². The van der Waals surface area contributed by atoms with Crippen molar-refractivity contribution in [2.45, 2.75) is 12.3 Å². The van der Waals surface area contributed by atoms with E-state index in [9.17, 15) is 13.6 Å². The summed E-state index contributed by atoms with van der Waals surface area (Å²) in [5.41, 5.74) is 1.07. The second-order valence-corrected chi connectivity index (χ2v) is 5.29. The minimum absolute atomic E-state index is 0.0673. The molecule has 3 heterocycles. The Hall–Kier alpha value is -1.96. The average Bonchev–Trinajstić information content (AvgIpc) is 3.06. The fourth-order valence-electron chi connectivity index (χ4n) is 2.55. The van der Waals surface area contributed by atoms with E-state index in [4.69, 9.17) is 16.7 Å². The van der Waals surface area contributed by atoms with Crippen LogP contribution in [-0.4, -0.2) is 44.7 Å². The summed E-state index contributed by atoms with van der Waals surface area (Å²) in [6, 6.07) is 1.55. The number of rotatable bonds is 3. The van der Waals surface area contributed by atoms with Gasteiger partial charge in [0.05, 0.1) is 11.6 Å². The highest BCUT2D eigenvalue weighted by Gasteiger charge is 2.50. The van der Waals surface area contributed by atoms with E-state index in [2.05, 4.69) is 10.1 Å². The molecule has 0 amide bonds. The van der Waals surface area contributed by atoms with Crippen LogP contribution in [0.1, 0.15) is 6.42 Å². The number of imidazole rings is 1. The average molecular weight is 317 g/mol. The summed E-state index contributed by atoms with van der Waals surface area (Å²) in [7, 11) is 0. The van der Waals surface area contributed by atoms with Crippen LogP contribution in [0, 0.1) is 5.92 Å². The highest BCUT2D eigenvalue weighted by molar-refractivity contribution is 6.29. The molecule has 6 nitrogen and oxygen atoms in total. The number of carboxylic acids is 1. The number of fused-ring (bicyclic) bond motifs is 1. The van der Waals surface area contributed by atoms with Gasteiger partial charge in [-0.15, -0.1) is 0 Å². The molecule has 0 bridgehead atoms. The lowest BCUT2D eigenvalue weighted by atomic mass is 10.0. The van der Waals surface area contributed by atoms with Gasteiger partial charge in [-0.25, -0.2) is 14.3 Å². The highest BCUT2D eigenvalue weighted by Crippen LogP contribution is 2.36. The molecule has 1 aliphatic heterocycles. The van der Waals surface area contributed by atoms with E-state index in [1.165, 1.54) is 10.7 Å². The van der Waals surface area contributed by atoms with Gasteiger partial charge in [0.2, 0.25) is 0 Å². The standard InChI is InChI=1S/C12H11ClF2N4O2/c13-9-5-8(10-16-2-4-19(10)17-9)18-3-1-7(6-18)12(14,15)11(20)21/h2,4-5,7H,1,3,6H2,(H,20,21). The molecule has 0 radical (unpaired) electrons. The maximum Gasteiger partial charge on any atom is 0.374 e. The largest absolute Gasteiger partial charge is 0.477 e. The summed E-state index contributed by atoms with van der Waals surface area (Å²) in [5.74, 6) is -7.07. The van der Waals surface area contributed by atoms with Crippen LogP contribution in [0.3, 0.4) is 0 Å².